The number of aromatic nitrogens is 1. The van der Waals surface area contributed by atoms with Crippen molar-refractivity contribution in [1.82, 2.24) is 4.98 Å². The summed E-state index contributed by atoms with van der Waals surface area (Å²) < 4.78 is 4.55. The minimum atomic E-state index is -0.453. The van der Waals surface area contributed by atoms with E-state index < -0.39 is 5.97 Å². The van der Waals surface area contributed by atoms with Gasteiger partial charge in [0.1, 0.15) is 0 Å². The van der Waals surface area contributed by atoms with Crippen LogP contribution in [-0.4, -0.2) is 18.1 Å². The lowest BCUT2D eigenvalue weighted by molar-refractivity contribution is 0.0593. The fourth-order valence-corrected chi connectivity index (χ4v) is 1.13. The molecule has 0 saturated heterocycles. The SMILES string of the molecule is COC(=O)c1ncc(CC#N)cc1C. The number of methoxy groups -OCH3 is 1. The van der Waals surface area contributed by atoms with Gasteiger partial charge in [-0.2, -0.15) is 5.26 Å². The Morgan fingerprint density at radius 2 is 2.43 bits per heavy atom. The zero-order chi connectivity index (χ0) is 10.6. The van der Waals surface area contributed by atoms with Crippen molar-refractivity contribution in [2.45, 2.75) is 13.3 Å². The van der Waals surface area contributed by atoms with E-state index in [0.717, 1.165) is 11.1 Å². The number of esters is 1. The van der Waals surface area contributed by atoms with Gasteiger partial charge < -0.3 is 4.74 Å². The zero-order valence-electron chi connectivity index (χ0n) is 8.07. The highest BCUT2D eigenvalue weighted by atomic mass is 16.5. The Labute approximate surface area is 82.1 Å². The van der Waals surface area contributed by atoms with Gasteiger partial charge in [0, 0.05) is 6.20 Å². The number of carbonyl (C=O) groups is 1. The summed E-state index contributed by atoms with van der Waals surface area (Å²) >= 11 is 0. The fraction of sp³-hybridized carbons (Fsp3) is 0.300. The van der Waals surface area contributed by atoms with E-state index in [1.54, 1.807) is 13.0 Å². The van der Waals surface area contributed by atoms with Gasteiger partial charge in [0.05, 0.1) is 19.6 Å². The Morgan fingerprint density at radius 3 is 2.93 bits per heavy atom. The van der Waals surface area contributed by atoms with Gasteiger partial charge in [-0.25, -0.2) is 9.78 Å². The van der Waals surface area contributed by atoms with E-state index in [2.05, 4.69) is 9.72 Å². The molecular formula is C10H10N2O2. The average molecular weight is 190 g/mol. The Kier molecular flexibility index (Phi) is 3.19. The fourth-order valence-electron chi connectivity index (χ4n) is 1.13. The third-order valence-corrected chi connectivity index (χ3v) is 1.80. The molecule has 0 aliphatic carbocycles. The molecular weight excluding hydrogens is 180 g/mol. The Bertz CT molecular complexity index is 394. The van der Waals surface area contributed by atoms with E-state index in [0.29, 0.717) is 12.1 Å². The predicted molar refractivity (Wildman–Crippen MR) is 49.6 cm³/mol. The highest BCUT2D eigenvalue weighted by Crippen LogP contribution is 2.09. The summed E-state index contributed by atoms with van der Waals surface area (Å²) in [4.78, 5) is 15.1. The van der Waals surface area contributed by atoms with Crippen molar-refractivity contribution in [3.8, 4) is 6.07 Å². The summed E-state index contributed by atoms with van der Waals surface area (Å²) in [6, 6.07) is 3.78. The molecule has 0 bridgehead atoms. The van der Waals surface area contributed by atoms with Crippen LogP contribution in [0.4, 0.5) is 0 Å². The zero-order valence-corrected chi connectivity index (χ0v) is 8.07. The van der Waals surface area contributed by atoms with Crippen LogP contribution >= 0.6 is 0 Å². The molecule has 14 heavy (non-hydrogen) atoms. The lowest BCUT2D eigenvalue weighted by Crippen LogP contribution is -2.07. The molecule has 1 aromatic rings. The van der Waals surface area contributed by atoms with Crippen molar-refractivity contribution in [2.24, 2.45) is 0 Å². The maximum absolute atomic E-state index is 11.2. The molecule has 0 aliphatic heterocycles. The second-order valence-electron chi connectivity index (χ2n) is 2.84. The third kappa shape index (κ3) is 2.07. The topological polar surface area (TPSA) is 63.0 Å². The first-order valence-corrected chi connectivity index (χ1v) is 4.10. The minimum absolute atomic E-state index is 0.300. The van der Waals surface area contributed by atoms with Gasteiger partial charge in [-0.1, -0.05) is 6.07 Å². The second kappa shape index (κ2) is 4.38. The number of nitriles is 1. The van der Waals surface area contributed by atoms with E-state index in [4.69, 9.17) is 5.26 Å². The highest BCUT2D eigenvalue weighted by molar-refractivity contribution is 5.88. The first-order chi connectivity index (χ1) is 6.69. The summed E-state index contributed by atoms with van der Waals surface area (Å²) in [6.45, 7) is 1.76. The summed E-state index contributed by atoms with van der Waals surface area (Å²) in [6.07, 6.45) is 1.82. The van der Waals surface area contributed by atoms with E-state index in [1.165, 1.54) is 13.3 Å². The summed E-state index contributed by atoms with van der Waals surface area (Å²) in [5, 5.41) is 8.47. The van der Waals surface area contributed by atoms with E-state index in [-0.39, 0.29) is 0 Å². The molecule has 0 unspecified atom stereocenters. The van der Waals surface area contributed by atoms with Crippen molar-refractivity contribution in [3.05, 3.63) is 29.1 Å². The molecule has 0 atom stereocenters. The van der Waals surface area contributed by atoms with Gasteiger partial charge >= 0.3 is 5.97 Å². The molecule has 4 heteroatoms. The van der Waals surface area contributed by atoms with Gasteiger partial charge in [-0.15, -0.1) is 0 Å². The van der Waals surface area contributed by atoms with Gasteiger partial charge in [-0.3, -0.25) is 0 Å². The first-order valence-electron chi connectivity index (χ1n) is 4.10. The van der Waals surface area contributed by atoms with E-state index in [9.17, 15) is 4.79 Å². The number of rotatable bonds is 2. The van der Waals surface area contributed by atoms with Gasteiger partial charge in [-0.05, 0) is 18.1 Å². The predicted octanol–water partition coefficient (Wildman–Crippen LogP) is 1.24. The molecule has 4 nitrogen and oxygen atoms in total. The Hall–Kier alpha value is -1.89. The third-order valence-electron chi connectivity index (χ3n) is 1.80. The van der Waals surface area contributed by atoms with Crippen LogP contribution in [0.1, 0.15) is 21.6 Å². The van der Waals surface area contributed by atoms with Crippen molar-refractivity contribution in [2.75, 3.05) is 7.11 Å². The monoisotopic (exact) mass is 190 g/mol. The maximum Gasteiger partial charge on any atom is 0.356 e. The Morgan fingerprint density at radius 1 is 1.71 bits per heavy atom. The lowest BCUT2D eigenvalue weighted by Gasteiger charge is -2.03. The molecule has 0 saturated carbocycles. The summed E-state index contributed by atoms with van der Waals surface area (Å²) in [5.74, 6) is -0.453. The van der Waals surface area contributed by atoms with E-state index in [1.807, 2.05) is 6.07 Å². The van der Waals surface area contributed by atoms with Crippen LogP contribution in [0.3, 0.4) is 0 Å². The molecule has 0 aliphatic rings. The largest absolute Gasteiger partial charge is 0.464 e. The molecule has 0 radical (unpaired) electrons. The molecule has 1 heterocycles. The van der Waals surface area contributed by atoms with Gasteiger partial charge in [0.2, 0.25) is 0 Å². The number of hydrogen-bond acceptors (Lipinski definition) is 4. The minimum Gasteiger partial charge on any atom is -0.464 e. The molecule has 0 amide bonds. The number of nitrogens with zero attached hydrogens (tertiary/aromatic N) is 2. The molecule has 0 N–H and O–H groups in total. The molecule has 0 fully saturated rings. The van der Waals surface area contributed by atoms with Gasteiger partial charge in [0.15, 0.2) is 5.69 Å². The lowest BCUT2D eigenvalue weighted by atomic mass is 10.1. The summed E-state index contributed by atoms with van der Waals surface area (Å²) in [5.41, 5.74) is 1.83. The van der Waals surface area contributed by atoms with Crippen molar-refractivity contribution in [3.63, 3.8) is 0 Å². The van der Waals surface area contributed by atoms with Crippen LogP contribution < -0.4 is 0 Å². The molecule has 1 aromatic heterocycles. The van der Waals surface area contributed by atoms with Crippen molar-refractivity contribution >= 4 is 5.97 Å². The first kappa shape index (κ1) is 10.2. The summed E-state index contributed by atoms with van der Waals surface area (Å²) in [7, 11) is 1.31. The molecule has 0 spiro atoms. The van der Waals surface area contributed by atoms with Crippen LogP contribution in [0.2, 0.25) is 0 Å². The second-order valence-corrected chi connectivity index (χ2v) is 2.84. The number of hydrogen-bond donors (Lipinski definition) is 0. The standard InChI is InChI=1S/C10H10N2O2/c1-7-5-8(3-4-11)6-12-9(7)10(13)14-2/h5-6H,3H2,1-2H3. The molecule has 0 aromatic carbocycles. The quantitative estimate of drug-likeness (QED) is 0.658. The molecule has 72 valence electrons. The van der Waals surface area contributed by atoms with E-state index >= 15 is 0 Å². The number of carbonyl (C=O) groups excluding carboxylic acids is 1. The van der Waals surface area contributed by atoms with Crippen molar-refractivity contribution < 1.29 is 9.53 Å². The van der Waals surface area contributed by atoms with Crippen LogP contribution in [0.5, 0.6) is 0 Å². The normalized spacial score (nSPS) is 9.21. The van der Waals surface area contributed by atoms with Crippen molar-refractivity contribution in [1.29, 1.82) is 5.26 Å². The van der Waals surface area contributed by atoms with Crippen LogP contribution in [0.15, 0.2) is 12.3 Å². The highest BCUT2D eigenvalue weighted by Gasteiger charge is 2.10. The van der Waals surface area contributed by atoms with Gasteiger partial charge in [0.25, 0.3) is 0 Å². The Balaban J connectivity index is 3.02. The average Bonchev–Trinajstić information content (AvgIpc) is 2.17. The number of aryl methyl sites for hydroxylation is 1. The maximum atomic E-state index is 11.2. The van der Waals surface area contributed by atoms with Crippen LogP contribution in [0, 0.1) is 18.3 Å². The van der Waals surface area contributed by atoms with Crippen LogP contribution in [-0.2, 0) is 11.2 Å². The number of pyridine rings is 1. The number of ether oxygens (including phenoxy) is 1. The molecule has 1 rings (SSSR count). The smallest absolute Gasteiger partial charge is 0.356 e. The van der Waals surface area contributed by atoms with Crippen LogP contribution in [0.25, 0.3) is 0 Å².